The zero-order valence-corrected chi connectivity index (χ0v) is 15.2. The summed E-state index contributed by atoms with van der Waals surface area (Å²) in [5.74, 6) is 1.09. The molecule has 0 aliphatic carbocycles. The molecule has 2 bridgehead atoms. The van der Waals surface area contributed by atoms with Gasteiger partial charge in [-0.25, -0.2) is 4.79 Å². The van der Waals surface area contributed by atoms with Crippen LogP contribution in [0.15, 0.2) is 11.8 Å². The van der Waals surface area contributed by atoms with Gasteiger partial charge in [0, 0.05) is 12.5 Å². The Labute approximate surface area is 129 Å². The number of hydrogen-bond acceptors (Lipinski definition) is 3. The van der Waals surface area contributed by atoms with E-state index in [1.807, 2.05) is 25.7 Å². The minimum Gasteiger partial charge on any atom is -0.547 e. The SMILES string of the molecule is CC(C)(C)OC(=O)N1[C@@H]2CCC[C@@H]1C=C(O[Si](C)(C)C)C2. The molecule has 0 aromatic carbocycles. The average Bonchev–Trinajstić information content (AvgIpc) is 2.22. The summed E-state index contributed by atoms with van der Waals surface area (Å²) in [4.78, 5) is 14.4. The van der Waals surface area contributed by atoms with Crippen LogP contribution in [0.4, 0.5) is 4.79 Å². The summed E-state index contributed by atoms with van der Waals surface area (Å²) in [5.41, 5.74) is -0.440. The van der Waals surface area contributed by atoms with Crippen molar-refractivity contribution in [1.29, 1.82) is 0 Å². The van der Waals surface area contributed by atoms with E-state index >= 15 is 0 Å². The molecule has 21 heavy (non-hydrogen) atoms. The second-order valence-electron chi connectivity index (χ2n) is 8.09. The summed E-state index contributed by atoms with van der Waals surface area (Å²) in [5, 5.41) is 0. The number of fused-ring (bicyclic) bond motifs is 2. The highest BCUT2D eigenvalue weighted by Crippen LogP contribution is 2.35. The van der Waals surface area contributed by atoms with Gasteiger partial charge in [0.1, 0.15) is 5.60 Å². The Hall–Kier alpha value is -0.973. The number of rotatable bonds is 2. The molecule has 2 atom stereocenters. The maximum atomic E-state index is 12.5. The van der Waals surface area contributed by atoms with Gasteiger partial charge in [-0.15, -0.1) is 0 Å². The molecule has 4 nitrogen and oxygen atoms in total. The van der Waals surface area contributed by atoms with Crippen molar-refractivity contribution in [2.75, 3.05) is 0 Å². The summed E-state index contributed by atoms with van der Waals surface area (Å²) in [6.45, 7) is 12.3. The molecule has 1 fully saturated rings. The standard InChI is InChI=1S/C16H29NO3Si/c1-16(2,3)19-15(18)17-12-8-7-9-13(17)11-14(10-12)20-21(4,5)6/h10,12-13H,7-9,11H2,1-6H3/t12-,13-/m1/s1. The van der Waals surface area contributed by atoms with Crippen LogP contribution in [0.5, 0.6) is 0 Å². The molecule has 0 aromatic rings. The van der Waals surface area contributed by atoms with E-state index in [0.29, 0.717) is 0 Å². The molecule has 120 valence electrons. The molecule has 0 unspecified atom stereocenters. The van der Waals surface area contributed by atoms with Gasteiger partial charge in [-0.1, -0.05) is 0 Å². The first-order valence-electron chi connectivity index (χ1n) is 7.96. The van der Waals surface area contributed by atoms with Crippen molar-refractivity contribution in [1.82, 2.24) is 4.90 Å². The molecule has 2 aliphatic rings. The predicted molar refractivity (Wildman–Crippen MR) is 86.6 cm³/mol. The zero-order valence-electron chi connectivity index (χ0n) is 14.2. The van der Waals surface area contributed by atoms with Gasteiger partial charge in [-0.05, 0) is 65.8 Å². The van der Waals surface area contributed by atoms with E-state index < -0.39 is 13.9 Å². The summed E-state index contributed by atoms with van der Waals surface area (Å²) in [7, 11) is -1.58. The number of carbonyl (C=O) groups is 1. The van der Waals surface area contributed by atoms with E-state index in [1.54, 1.807) is 0 Å². The van der Waals surface area contributed by atoms with E-state index in [2.05, 4.69) is 25.7 Å². The lowest BCUT2D eigenvalue weighted by Gasteiger charge is -2.45. The highest BCUT2D eigenvalue weighted by Gasteiger charge is 2.40. The molecule has 0 saturated carbocycles. The number of nitrogens with zero attached hydrogens (tertiary/aromatic N) is 1. The van der Waals surface area contributed by atoms with Gasteiger partial charge in [0.15, 0.2) is 0 Å². The smallest absolute Gasteiger partial charge is 0.411 e. The van der Waals surface area contributed by atoms with Crippen molar-refractivity contribution in [3.63, 3.8) is 0 Å². The molecule has 2 rings (SSSR count). The van der Waals surface area contributed by atoms with Crippen molar-refractivity contribution in [2.24, 2.45) is 0 Å². The third-order valence-corrected chi connectivity index (χ3v) is 4.52. The van der Waals surface area contributed by atoms with Crippen LogP contribution in [0.25, 0.3) is 0 Å². The molecule has 2 heterocycles. The number of piperidine rings is 1. The Morgan fingerprint density at radius 1 is 1.29 bits per heavy atom. The number of carbonyl (C=O) groups excluding carboxylic acids is 1. The fraction of sp³-hybridized carbons (Fsp3) is 0.812. The topological polar surface area (TPSA) is 38.8 Å². The van der Waals surface area contributed by atoms with E-state index in [0.717, 1.165) is 25.0 Å². The monoisotopic (exact) mass is 311 g/mol. The molecule has 0 spiro atoms. The molecule has 0 radical (unpaired) electrons. The van der Waals surface area contributed by atoms with Crippen LogP contribution >= 0.6 is 0 Å². The van der Waals surface area contributed by atoms with Crippen molar-refractivity contribution in [2.45, 2.75) is 83.8 Å². The van der Waals surface area contributed by atoms with Crippen molar-refractivity contribution >= 4 is 14.4 Å². The molecule has 1 saturated heterocycles. The van der Waals surface area contributed by atoms with Crippen LogP contribution in [-0.4, -0.2) is 37.0 Å². The second kappa shape index (κ2) is 5.67. The quantitative estimate of drug-likeness (QED) is 0.714. The first-order valence-corrected chi connectivity index (χ1v) is 11.4. The Morgan fingerprint density at radius 3 is 2.48 bits per heavy atom. The zero-order chi connectivity index (χ0) is 15.8. The Balaban J connectivity index is 2.14. The number of amides is 1. The lowest BCUT2D eigenvalue weighted by atomic mass is 9.88. The molecule has 5 heteroatoms. The lowest BCUT2D eigenvalue weighted by molar-refractivity contribution is -0.00370. The molecular formula is C16H29NO3Si. The van der Waals surface area contributed by atoms with Gasteiger partial charge in [0.05, 0.1) is 11.8 Å². The first-order chi connectivity index (χ1) is 9.55. The molecule has 2 aliphatic heterocycles. The predicted octanol–water partition coefficient (Wildman–Crippen LogP) is 4.28. The molecular weight excluding hydrogens is 282 g/mol. The van der Waals surface area contributed by atoms with Crippen LogP contribution in [0.3, 0.4) is 0 Å². The Bertz CT molecular complexity index is 434. The highest BCUT2D eigenvalue weighted by molar-refractivity contribution is 6.70. The lowest BCUT2D eigenvalue weighted by Crippen LogP contribution is -2.53. The van der Waals surface area contributed by atoms with Crippen molar-refractivity contribution in [3.8, 4) is 0 Å². The van der Waals surface area contributed by atoms with E-state index in [-0.39, 0.29) is 18.2 Å². The van der Waals surface area contributed by atoms with Crippen LogP contribution in [0, 0.1) is 0 Å². The minimum absolute atomic E-state index is 0.138. The van der Waals surface area contributed by atoms with Crippen LogP contribution in [0.1, 0.15) is 46.5 Å². The maximum absolute atomic E-state index is 12.5. The number of ether oxygens (including phenoxy) is 1. The van der Waals surface area contributed by atoms with Crippen LogP contribution in [-0.2, 0) is 9.16 Å². The van der Waals surface area contributed by atoms with Gasteiger partial charge in [-0.2, -0.15) is 0 Å². The Kier molecular flexibility index (Phi) is 4.43. The first kappa shape index (κ1) is 16.4. The van der Waals surface area contributed by atoms with E-state index in [1.165, 1.54) is 6.42 Å². The van der Waals surface area contributed by atoms with E-state index in [4.69, 9.17) is 9.16 Å². The summed E-state index contributed by atoms with van der Waals surface area (Å²) < 4.78 is 11.7. The normalized spacial score (nSPS) is 26.2. The third kappa shape index (κ3) is 4.50. The summed E-state index contributed by atoms with van der Waals surface area (Å²) in [6.07, 6.45) is 6.03. The highest BCUT2D eigenvalue weighted by atomic mass is 28.4. The minimum atomic E-state index is -1.58. The van der Waals surface area contributed by atoms with Gasteiger partial charge in [0.25, 0.3) is 0 Å². The molecule has 0 N–H and O–H groups in total. The summed E-state index contributed by atoms with van der Waals surface area (Å²) in [6, 6.07) is 0.369. The maximum Gasteiger partial charge on any atom is 0.411 e. The summed E-state index contributed by atoms with van der Waals surface area (Å²) >= 11 is 0. The van der Waals surface area contributed by atoms with Gasteiger partial charge in [-0.3, -0.25) is 4.90 Å². The van der Waals surface area contributed by atoms with Gasteiger partial charge >= 0.3 is 6.09 Å². The average molecular weight is 311 g/mol. The van der Waals surface area contributed by atoms with Crippen molar-refractivity contribution < 1.29 is 14.0 Å². The fourth-order valence-corrected chi connectivity index (χ4v) is 4.00. The fourth-order valence-electron chi connectivity index (χ4n) is 3.06. The van der Waals surface area contributed by atoms with Crippen LogP contribution < -0.4 is 0 Å². The largest absolute Gasteiger partial charge is 0.547 e. The van der Waals surface area contributed by atoms with Gasteiger partial charge in [0.2, 0.25) is 8.32 Å². The van der Waals surface area contributed by atoms with Crippen molar-refractivity contribution in [3.05, 3.63) is 11.8 Å². The van der Waals surface area contributed by atoms with Gasteiger partial charge < -0.3 is 9.16 Å². The third-order valence-electron chi connectivity index (χ3n) is 3.64. The molecule has 0 aromatic heterocycles. The Morgan fingerprint density at radius 2 is 1.95 bits per heavy atom. The van der Waals surface area contributed by atoms with Crippen LogP contribution in [0.2, 0.25) is 19.6 Å². The second-order valence-corrected chi connectivity index (χ2v) is 12.5. The van der Waals surface area contributed by atoms with E-state index in [9.17, 15) is 4.79 Å². The molecule has 1 amide bonds. The number of hydrogen-bond donors (Lipinski definition) is 0.